The van der Waals surface area contributed by atoms with E-state index < -0.39 is 0 Å². The van der Waals surface area contributed by atoms with Crippen LogP contribution in [-0.2, 0) is 6.42 Å². The number of nitrogens with zero attached hydrogens (tertiary/aromatic N) is 1. The standard InChI is InChI=1S/C14H22N2/c1-12(11-14-3-2-4-14)16-10-7-13-5-8-15-9-6-13/h5-6,8-9,12,14,16H,2-4,7,10-11H2,1H3. The van der Waals surface area contributed by atoms with Crippen LogP contribution in [0.1, 0.15) is 38.2 Å². The summed E-state index contributed by atoms with van der Waals surface area (Å²) in [6.45, 7) is 3.39. The summed E-state index contributed by atoms with van der Waals surface area (Å²) in [6, 6.07) is 4.86. The van der Waals surface area contributed by atoms with Gasteiger partial charge in [-0.15, -0.1) is 0 Å². The lowest BCUT2D eigenvalue weighted by Crippen LogP contribution is -2.31. The molecule has 0 spiro atoms. The number of pyridine rings is 1. The predicted octanol–water partition coefficient (Wildman–Crippen LogP) is 2.79. The van der Waals surface area contributed by atoms with Gasteiger partial charge in [0.1, 0.15) is 0 Å². The molecule has 2 nitrogen and oxygen atoms in total. The lowest BCUT2D eigenvalue weighted by Gasteiger charge is -2.28. The SMILES string of the molecule is CC(CC1CCC1)NCCc1ccncc1. The number of nitrogens with one attached hydrogen (secondary N) is 1. The highest BCUT2D eigenvalue weighted by Crippen LogP contribution is 2.30. The van der Waals surface area contributed by atoms with E-state index in [4.69, 9.17) is 0 Å². The second-order valence-corrected chi connectivity index (χ2v) is 4.99. The van der Waals surface area contributed by atoms with Crippen LogP contribution >= 0.6 is 0 Å². The number of hydrogen-bond donors (Lipinski definition) is 1. The third-order valence-corrected chi connectivity index (χ3v) is 3.57. The van der Waals surface area contributed by atoms with Crippen LogP contribution in [0.2, 0.25) is 0 Å². The quantitative estimate of drug-likeness (QED) is 0.794. The fraction of sp³-hybridized carbons (Fsp3) is 0.643. The summed E-state index contributed by atoms with van der Waals surface area (Å²) in [5.41, 5.74) is 1.37. The molecule has 1 unspecified atom stereocenters. The van der Waals surface area contributed by atoms with Crippen LogP contribution < -0.4 is 5.32 Å². The largest absolute Gasteiger partial charge is 0.314 e. The second-order valence-electron chi connectivity index (χ2n) is 4.99. The summed E-state index contributed by atoms with van der Waals surface area (Å²) in [6.07, 6.45) is 10.6. The third-order valence-electron chi connectivity index (χ3n) is 3.57. The number of rotatable bonds is 6. The van der Waals surface area contributed by atoms with Crippen LogP contribution in [0.5, 0.6) is 0 Å². The normalized spacial score (nSPS) is 18.1. The lowest BCUT2D eigenvalue weighted by molar-refractivity contribution is 0.266. The van der Waals surface area contributed by atoms with Gasteiger partial charge in [-0.1, -0.05) is 19.3 Å². The summed E-state index contributed by atoms with van der Waals surface area (Å²) in [5.74, 6) is 1.00. The van der Waals surface area contributed by atoms with E-state index in [1.807, 2.05) is 12.4 Å². The molecule has 0 bridgehead atoms. The van der Waals surface area contributed by atoms with Gasteiger partial charge >= 0.3 is 0 Å². The van der Waals surface area contributed by atoms with Crippen LogP contribution in [0.25, 0.3) is 0 Å². The Bertz CT molecular complexity index is 293. The fourth-order valence-electron chi connectivity index (χ4n) is 2.32. The van der Waals surface area contributed by atoms with E-state index in [0.29, 0.717) is 6.04 Å². The van der Waals surface area contributed by atoms with Crippen LogP contribution in [-0.4, -0.2) is 17.6 Å². The number of hydrogen-bond acceptors (Lipinski definition) is 2. The van der Waals surface area contributed by atoms with E-state index in [-0.39, 0.29) is 0 Å². The van der Waals surface area contributed by atoms with Crippen molar-refractivity contribution >= 4 is 0 Å². The van der Waals surface area contributed by atoms with Crippen molar-refractivity contribution in [3.63, 3.8) is 0 Å². The molecular weight excluding hydrogens is 196 g/mol. The summed E-state index contributed by atoms with van der Waals surface area (Å²) < 4.78 is 0. The first kappa shape index (κ1) is 11.6. The maximum Gasteiger partial charge on any atom is 0.0270 e. The summed E-state index contributed by atoms with van der Waals surface area (Å²) in [4.78, 5) is 4.03. The van der Waals surface area contributed by atoms with Crippen molar-refractivity contribution < 1.29 is 0 Å². The maximum atomic E-state index is 4.03. The average Bonchev–Trinajstić information content (AvgIpc) is 2.25. The highest BCUT2D eigenvalue weighted by atomic mass is 14.9. The van der Waals surface area contributed by atoms with E-state index in [2.05, 4.69) is 29.4 Å². The Morgan fingerprint density at radius 2 is 2.12 bits per heavy atom. The van der Waals surface area contributed by atoms with Crippen molar-refractivity contribution in [1.82, 2.24) is 10.3 Å². The van der Waals surface area contributed by atoms with Crippen molar-refractivity contribution in [1.29, 1.82) is 0 Å². The molecule has 88 valence electrons. The molecule has 1 atom stereocenters. The molecule has 1 aromatic rings. The van der Waals surface area contributed by atoms with E-state index in [1.165, 1.54) is 31.2 Å². The van der Waals surface area contributed by atoms with Gasteiger partial charge in [0.15, 0.2) is 0 Å². The van der Waals surface area contributed by atoms with E-state index in [9.17, 15) is 0 Å². The first-order chi connectivity index (χ1) is 7.84. The van der Waals surface area contributed by atoms with Gasteiger partial charge in [-0.2, -0.15) is 0 Å². The lowest BCUT2D eigenvalue weighted by atomic mass is 9.81. The highest BCUT2D eigenvalue weighted by Gasteiger charge is 2.19. The van der Waals surface area contributed by atoms with Crippen LogP contribution in [0.3, 0.4) is 0 Å². The first-order valence-corrected chi connectivity index (χ1v) is 6.47. The molecular formula is C14H22N2. The maximum absolute atomic E-state index is 4.03. The molecule has 2 rings (SSSR count). The smallest absolute Gasteiger partial charge is 0.0270 e. The molecule has 1 aromatic heterocycles. The molecule has 16 heavy (non-hydrogen) atoms. The Labute approximate surface area is 98.5 Å². The van der Waals surface area contributed by atoms with Crippen LogP contribution in [0.15, 0.2) is 24.5 Å². The molecule has 0 aromatic carbocycles. The van der Waals surface area contributed by atoms with Gasteiger partial charge in [-0.3, -0.25) is 4.98 Å². The van der Waals surface area contributed by atoms with Crippen LogP contribution in [0, 0.1) is 5.92 Å². The molecule has 0 aliphatic heterocycles. The minimum Gasteiger partial charge on any atom is -0.314 e. The summed E-state index contributed by atoms with van der Waals surface area (Å²) in [7, 11) is 0. The molecule has 0 radical (unpaired) electrons. The predicted molar refractivity (Wildman–Crippen MR) is 67.4 cm³/mol. The summed E-state index contributed by atoms with van der Waals surface area (Å²) >= 11 is 0. The Morgan fingerprint density at radius 1 is 1.38 bits per heavy atom. The molecule has 1 saturated carbocycles. The van der Waals surface area contributed by atoms with Crippen LogP contribution in [0.4, 0.5) is 0 Å². The Balaban J connectivity index is 1.60. The Kier molecular flexibility index (Phi) is 4.34. The monoisotopic (exact) mass is 218 g/mol. The zero-order chi connectivity index (χ0) is 11.2. The van der Waals surface area contributed by atoms with Crippen molar-refractivity contribution in [2.24, 2.45) is 5.92 Å². The van der Waals surface area contributed by atoms with Gasteiger partial charge in [-0.25, -0.2) is 0 Å². The Hall–Kier alpha value is -0.890. The molecule has 0 saturated heterocycles. The molecule has 1 aliphatic carbocycles. The van der Waals surface area contributed by atoms with Crippen molar-refractivity contribution in [3.8, 4) is 0 Å². The van der Waals surface area contributed by atoms with E-state index in [1.54, 1.807) is 0 Å². The molecule has 1 heterocycles. The van der Waals surface area contributed by atoms with E-state index >= 15 is 0 Å². The van der Waals surface area contributed by atoms with Gasteiger partial charge < -0.3 is 5.32 Å². The molecule has 1 aliphatic rings. The van der Waals surface area contributed by atoms with Gasteiger partial charge in [0.05, 0.1) is 0 Å². The molecule has 0 amide bonds. The minimum atomic E-state index is 0.673. The molecule has 2 heteroatoms. The van der Waals surface area contributed by atoms with Crippen molar-refractivity contribution in [2.75, 3.05) is 6.54 Å². The second kappa shape index (κ2) is 6.00. The minimum absolute atomic E-state index is 0.673. The van der Waals surface area contributed by atoms with Gasteiger partial charge in [0, 0.05) is 18.4 Å². The van der Waals surface area contributed by atoms with Crippen molar-refractivity contribution in [3.05, 3.63) is 30.1 Å². The van der Waals surface area contributed by atoms with Gasteiger partial charge in [0.25, 0.3) is 0 Å². The van der Waals surface area contributed by atoms with Gasteiger partial charge in [-0.05, 0) is 49.9 Å². The first-order valence-electron chi connectivity index (χ1n) is 6.47. The number of aromatic nitrogens is 1. The molecule has 1 fully saturated rings. The highest BCUT2D eigenvalue weighted by molar-refractivity contribution is 5.09. The topological polar surface area (TPSA) is 24.9 Å². The zero-order valence-electron chi connectivity index (χ0n) is 10.2. The third kappa shape index (κ3) is 3.60. The summed E-state index contributed by atoms with van der Waals surface area (Å²) in [5, 5.41) is 3.61. The molecule has 1 N–H and O–H groups in total. The van der Waals surface area contributed by atoms with Crippen molar-refractivity contribution in [2.45, 2.75) is 45.1 Å². The average molecular weight is 218 g/mol. The zero-order valence-corrected chi connectivity index (χ0v) is 10.2. The fourth-order valence-corrected chi connectivity index (χ4v) is 2.32. The van der Waals surface area contributed by atoms with E-state index in [0.717, 1.165) is 18.9 Å². The van der Waals surface area contributed by atoms with Gasteiger partial charge in [0.2, 0.25) is 0 Å². The Morgan fingerprint density at radius 3 is 2.75 bits per heavy atom.